The van der Waals surface area contributed by atoms with Crippen LogP contribution in [0.3, 0.4) is 0 Å². The molecule has 0 aliphatic heterocycles. The Kier molecular flexibility index (Phi) is 7.49. The standard InChI is InChI=1S/C7H12O2.H3N/c1-4-6(3)9-7(8)5-2;/h5-6H,2,4H2,1,3H3;1H3. The van der Waals surface area contributed by atoms with Gasteiger partial charge in [0.1, 0.15) is 0 Å². The quantitative estimate of drug-likeness (QED) is 0.485. The summed E-state index contributed by atoms with van der Waals surface area (Å²) in [4.78, 5) is 10.4. The van der Waals surface area contributed by atoms with Crippen LogP contribution in [0.4, 0.5) is 0 Å². The van der Waals surface area contributed by atoms with Crippen LogP contribution in [0.5, 0.6) is 0 Å². The molecule has 0 saturated carbocycles. The smallest absolute Gasteiger partial charge is 0.330 e. The topological polar surface area (TPSA) is 61.3 Å². The van der Waals surface area contributed by atoms with Crippen LogP contribution in [0.15, 0.2) is 12.7 Å². The second kappa shape index (κ2) is 6.29. The van der Waals surface area contributed by atoms with Crippen LogP contribution in [0.1, 0.15) is 20.3 Å². The van der Waals surface area contributed by atoms with Crippen molar-refractivity contribution < 1.29 is 9.53 Å². The third-order valence-corrected chi connectivity index (χ3v) is 1.06. The predicted octanol–water partition coefficient (Wildman–Crippen LogP) is 1.68. The Hall–Kier alpha value is -0.830. The van der Waals surface area contributed by atoms with Crippen LogP contribution in [0.25, 0.3) is 0 Å². The first-order valence-electron chi connectivity index (χ1n) is 3.03. The summed E-state index contributed by atoms with van der Waals surface area (Å²) >= 11 is 0. The van der Waals surface area contributed by atoms with Crippen molar-refractivity contribution in [2.45, 2.75) is 26.4 Å². The molecule has 0 aliphatic rings. The van der Waals surface area contributed by atoms with E-state index in [9.17, 15) is 4.79 Å². The van der Waals surface area contributed by atoms with E-state index in [4.69, 9.17) is 4.74 Å². The maximum Gasteiger partial charge on any atom is 0.330 e. The van der Waals surface area contributed by atoms with Gasteiger partial charge in [0, 0.05) is 6.08 Å². The molecule has 60 valence electrons. The Morgan fingerprint density at radius 1 is 1.80 bits per heavy atom. The summed E-state index contributed by atoms with van der Waals surface area (Å²) < 4.78 is 4.79. The Balaban J connectivity index is 0. The van der Waals surface area contributed by atoms with E-state index in [2.05, 4.69) is 6.58 Å². The van der Waals surface area contributed by atoms with Crippen LogP contribution >= 0.6 is 0 Å². The molecule has 3 N–H and O–H groups in total. The van der Waals surface area contributed by atoms with Gasteiger partial charge in [0.05, 0.1) is 6.10 Å². The van der Waals surface area contributed by atoms with Gasteiger partial charge >= 0.3 is 5.97 Å². The fourth-order valence-electron chi connectivity index (χ4n) is 0.330. The Bertz CT molecular complexity index is 112. The molecule has 0 aromatic heterocycles. The number of carbonyl (C=O) groups excluding carboxylic acids is 1. The maximum atomic E-state index is 10.4. The first-order valence-corrected chi connectivity index (χ1v) is 3.03. The molecule has 3 nitrogen and oxygen atoms in total. The van der Waals surface area contributed by atoms with Gasteiger partial charge in [0.15, 0.2) is 0 Å². The molecule has 0 aliphatic carbocycles. The van der Waals surface area contributed by atoms with Crippen molar-refractivity contribution in [2.24, 2.45) is 0 Å². The van der Waals surface area contributed by atoms with Gasteiger partial charge in [-0.15, -0.1) is 0 Å². The minimum atomic E-state index is -0.343. The summed E-state index contributed by atoms with van der Waals surface area (Å²) in [5.41, 5.74) is 0. The molecule has 0 amide bonds. The average molecular weight is 145 g/mol. The predicted molar refractivity (Wildman–Crippen MR) is 41.1 cm³/mol. The van der Waals surface area contributed by atoms with Gasteiger partial charge in [-0.2, -0.15) is 0 Å². The lowest BCUT2D eigenvalue weighted by Crippen LogP contribution is -2.10. The van der Waals surface area contributed by atoms with Gasteiger partial charge < -0.3 is 10.9 Å². The van der Waals surface area contributed by atoms with Crippen molar-refractivity contribution in [2.75, 3.05) is 0 Å². The van der Waals surface area contributed by atoms with E-state index in [0.717, 1.165) is 6.42 Å². The third-order valence-electron chi connectivity index (χ3n) is 1.06. The zero-order chi connectivity index (χ0) is 7.28. The third kappa shape index (κ3) is 5.31. The Morgan fingerprint density at radius 2 is 2.30 bits per heavy atom. The van der Waals surface area contributed by atoms with Crippen LogP contribution in [0, 0.1) is 0 Å². The minimum Gasteiger partial charge on any atom is -0.460 e. The second-order valence-electron chi connectivity index (χ2n) is 1.86. The SMILES string of the molecule is C=CC(=O)OC(C)CC.N. The van der Waals surface area contributed by atoms with Crippen molar-refractivity contribution in [1.82, 2.24) is 6.15 Å². The molecule has 1 unspecified atom stereocenters. The summed E-state index contributed by atoms with van der Waals surface area (Å²) in [5.74, 6) is -0.343. The van der Waals surface area contributed by atoms with E-state index >= 15 is 0 Å². The van der Waals surface area contributed by atoms with Crippen LogP contribution in [-0.4, -0.2) is 12.1 Å². The first kappa shape index (κ1) is 11.9. The summed E-state index contributed by atoms with van der Waals surface area (Å²) in [6.45, 7) is 7.08. The largest absolute Gasteiger partial charge is 0.460 e. The molecular formula is C7H15NO2. The molecule has 0 aromatic rings. The zero-order valence-corrected chi connectivity index (χ0v) is 6.59. The number of ether oxygens (including phenoxy) is 1. The molecule has 0 rings (SSSR count). The van der Waals surface area contributed by atoms with Gasteiger partial charge in [-0.05, 0) is 13.3 Å². The molecule has 0 aromatic carbocycles. The number of carbonyl (C=O) groups is 1. The molecule has 0 fully saturated rings. The minimum absolute atomic E-state index is 0. The van der Waals surface area contributed by atoms with Gasteiger partial charge in [0.2, 0.25) is 0 Å². The lowest BCUT2D eigenvalue weighted by molar-refractivity contribution is -0.142. The highest BCUT2D eigenvalue weighted by molar-refractivity contribution is 5.81. The molecule has 1 atom stereocenters. The molecule has 0 bridgehead atoms. The molecule has 0 heterocycles. The van der Waals surface area contributed by atoms with E-state index in [0.29, 0.717) is 0 Å². The highest BCUT2D eigenvalue weighted by Crippen LogP contribution is 1.95. The van der Waals surface area contributed by atoms with E-state index in [1.807, 2.05) is 13.8 Å². The van der Waals surface area contributed by atoms with Gasteiger partial charge in [0.25, 0.3) is 0 Å². The second-order valence-corrected chi connectivity index (χ2v) is 1.86. The van der Waals surface area contributed by atoms with Crippen molar-refractivity contribution >= 4 is 5.97 Å². The number of rotatable bonds is 3. The van der Waals surface area contributed by atoms with Crippen LogP contribution < -0.4 is 6.15 Å². The first-order chi connectivity index (χ1) is 4.20. The molecular weight excluding hydrogens is 130 g/mol. The van der Waals surface area contributed by atoms with Gasteiger partial charge in [-0.3, -0.25) is 0 Å². The summed E-state index contributed by atoms with van der Waals surface area (Å²) in [5, 5.41) is 0. The van der Waals surface area contributed by atoms with Crippen molar-refractivity contribution in [1.29, 1.82) is 0 Å². The highest BCUT2D eigenvalue weighted by atomic mass is 16.5. The summed E-state index contributed by atoms with van der Waals surface area (Å²) in [6.07, 6.45) is 2.03. The summed E-state index contributed by atoms with van der Waals surface area (Å²) in [6, 6.07) is 0. The molecule has 0 spiro atoms. The molecule has 0 radical (unpaired) electrons. The van der Waals surface area contributed by atoms with Crippen molar-refractivity contribution in [3.63, 3.8) is 0 Å². The molecule has 10 heavy (non-hydrogen) atoms. The van der Waals surface area contributed by atoms with Gasteiger partial charge in [-0.25, -0.2) is 4.79 Å². The van der Waals surface area contributed by atoms with E-state index in [1.165, 1.54) is 6.08 Å². The maximum absolute atomic E-state index is 10.4. The fraction of sp³-hybridized carbons (Fsp3) is 0.571. The number of hydrogen-bond donors (Lipinski definition) is 1. The van der Waals surface area contributed by atoms with Crippen molar-refractivity contribution in [3.8, 4) is 0 Å². The molecule has 0 saturated heterocycles. The Labute approximate surface area is 61.7 Å². The van der Waals surface area contributed by atoms with Crippen LogP contribution in [0.2, 0.25) is 0 Å². The molecule has 3 heteroatoms. The average Bonchev–Trinajstić information content (AvgIpc) is 1.87. The van der Waals surface area contributed by atoms with Crippen LogP contribution in [-0.2, 0) is 9.53 Å². The summed E-state index contributed by atoms with van der Waals surface area (Å²) in [7, 11) is 0. The van der Waals surface area contributed by atoms with Crippen molar-refractivity contribution in [3.05, 3.63) is 12.7 Å². The number of esters is 1. The van der Waals surface area contributed by atoms with Gasteiger partial charge in [-0.1, -0.05) is 13.5 Å². The number of hydrogen-bond acceptors (Lipinski definition) is 3. The lowest BCUT2D eigenvalue weighted by atomic mass is 10.3. The zero-order valence-electron chi connectivity index (χ0n) is 6.59. The fourth-order valence-corrected chi connectivity index (χ4v) is 0.330. The van der Waals surface area contributed by atoms with E-state index < -0.39 is 0 Å². The highest BCUT2D eigenvalue weighted by Gasteiger charge is 2.01. The lowest BCUT2D eigenvalue weighted by Gasteiger charge is -2.07. The monoisotopic (exact) mass is 145 g/mol. The van der Waals surface area contributed by atoms with E-state index in [1.54, 1.807) is 0 Å². The van der Waals surface area contributed by atoms with E-state index in [-0.39, 0.29) is 18.2 Å². The Morgan fingerprint density at radius 3 is 2.60 bits per heavy atom. The normalized spacial score (nSPS) is 11.0.